The zero-order valence-electron chi connectivity index (χ0n) is 16.2. The number of aliphatic hydroxyl groups is 2. The number of hydrogen-bond acceptors (Lipinski definition) is 7. The van der Waals surface area contributed by atoms with Crippen LogP contribution in [0.1, 0.15) is 17.2 Å². The van der Waals surface area contributed by atoms with Crippen molar-refractivity contribution in [2.24, 2.45) is 0 Å². The lowest BCUT2D eigenvalue weighted by atomic mass is 10.1. The maximum Gasteiger partial charge on any atom is 0.416 e. The van der Waals surface area contributed by atoms with Crippen LogP contribution in [-0.4, -0.2) is 37.0 Å². The first-order valence-electron chi connectivity index (χ1n) is 9.26. The minimum atomic E-state index is -4.43. The van der Waals surface area contributed by atoms with Crippen molar-refractivity contribution in [3.8, 4) is 11.4 Å². The fourth-order valence-corrected chi connectivity index (χ4v) is 3.01. The zero-order chi connectivity index (χ0) is 22.9. The fraction of sp³-hybridized carbons (Fsp3) is 0.143. The number of alkyl halides is 3. The summed E-state index contributed by atoms with van der Waals surface area (Å²) in [7, 11) is 0. The highest BCUT2D eigenvalue weighted by Crippen LogP contribution is 2.31. The molecule has 0 amide bonds. The Kier molecular flexibility index (Phi) is 5.68. The molecule has 11 heteroatoms. The molecule has 0 spiro atoms. The van der Waals surface area contributed by atoms with Crippen LogP contribution in [0.4, 0.5) is 29.1 Å². The zero-order valence-corrected chi connectivity index (χ0v) is 16.2. The third-order valence-corrected chi connectivity index (χ3v) is 4.68. The molecule has 7 nitrogen and oxygen atoms in total. The number of halogens is 4. The van der Waals surface area contributed by atoms with Gasteiger partial charge in [-0.3, -0.25) is 9.97 Å². The fourth-order valence-electron chi connectivity index (χ4n) is 3.01. The molecular weight excluding hydrogens is 430 g/mol. The molecule has 4 aromatic rings. The molecule has 1 atom stereocenters. The molecule has 3 N–H and O–H groups in total. The summed E-state index contributed by atoms with van der Waals surface area (Å²) in [5.74, 6) is -0.469. The Labute approximate surface area is 178 Å². The average molecular weight is 445 g/mol. The van der Waals surface area contributed by atoms with Crippen molar-refractivity contribution in [3.05, 3.63) is 71.9 Å². The Balaban J connectivity index is 1.64. The first kappa shape index (κ1) is 21.5. The number of hydrogen-bond donors (Lipinski definition) is 3. The highest BCUT2D eigenvalue weighted by Gasteiger charge is 2.30. The molecule has 164 valence electrons. The van der Waals surface area contributed by atoms with Gasteiger partial charge in [0.1, 0.15) is 11.8 Å². The highest BCUT2D eigenvalue weighted by atomic mass is 19.4. The van der Waals surface area contributed by atoms with Gasteiger partial charge < -0.3 is 15.5 Å². The van der Waals surface area contributed by atoms with Gasteiger partial charge in [0.15, 0.2) is 11.6 Å². The van der Waals surface area contributed by atoms with Crippen molar-refractivity contribution in [1.29, 1.82) is 0 Å². The van der Waals surface area contributed by atoms with Gasteiger partial charge in [-0.1, -0.05) is 0 Å². The predicted octanol–water partition coefficient (Wildman–Crippen LogP) is 4.01. The number of rotatable bonds is 5. The summed E-state index contributed by atoms with van der Waals surface area (Å²) in [5.41, 5.74) is -0.133. The molecule has 4 rings (SSSR count). The van der Waals surface area contributed by atoms with E-state index in [-0.39, 0.29) is 22.8 Å². The molecule has 0 saturated heterocycles. The predicted molar refractivity (Wildman–Crippen MR) is 107 cm³/mol. The molecule has 0 fully saturated rings. The van der Waals surface area contributed by atoms with E-state index in [2.05, 4.69) is 25.5 Å². The Bertz CT molecular complexity index is 1270. The van der Waals surface area contributed by atoms with Crippen LogP contribution in [0, 0.1) is 5.82 Å². The number of nitrogens with one attached hydrogen (secondary N) is 1. The minimum Gasteiger partial charge on any atom is -0.393 e. The van der Waals surface area contributed by atoms with Crippen LogP contribution in [0.15, 0.2) is 55.0 Å². The molecular formula is C21H15F4N5O2. The SMILES string of the molecule is OC[C@@H](O)c1cnc(-c2cc3cnnc(Nc4ccc(C(F)(F)F)cc4)c3cn2)c(F)c1. The summed E-state index contributed by atoms with van der Waals surface area (Å²) in [6, 6.07) is 7.04. The number of nitrogens with zero attached hydrogens (tertiary/aromatic N) is 4. The Hall–Kier alpha value is -3.70. The molecule has 0 aliphatic heterocycles. The van der Waals surface area contributed by atoms with Crippen LogP contribution in [0.25, 0.3) is 22.2 Å². The highest BCUT2D eigenvalue weighted by molar-refractivity contribution is 5.93. The quantitative estimate of drug-likeness (QED) is 0.399. The van der Waals surface area contributed by atoms with Crippen LogP contribution < -0.4 is 5.32 Å². The summed E-state index contributed by atoms with van der Waals surface area (Å²) >= 11 is 0. The van der Waals surface area contributed by atoms with Crippen LogP contribution in [0.3, 0.4) is 0 Å². The van der Waals surface area contributed by atoms with E-state index < -0.39 is 30.3 Å². The number of anilines is 2. The molecule has 0 aliphatic rings. The van der Waals surface area contributed by atoms with Gasteiger partial charge in [0.05, 0.1) is 24.1 Å². The second-order valence-corrected chi connectivity index (χ2v) is 6.85. The molecule has 3 aromatic heterocycles. The lowest BCUT2D eigenvalue weighted by molar-refractivity contribution is -0.137. The standard InChI is InChI=1S/C21H15F4N5O2/c22-16-5-12(18(32)10-31)7-27-19(16)17-6-11-8-28-30-20(15(11)9-26-17)29-14-3-1-13(2-4-14)21(23,24)25/h1-9,18,31-32H,10H2,(H,29,30)/t18-/m1/s1. The van der Waals surface area contributed by atoms with Crippen molar-refractivity contribution in [2.45, 2.75) is 12.3 Å². The van der Waals surface area contributed by atoms with Gasteiger partial charge in [-0.25, -0.2) is 4.39 Å². The lowest BCUT2D eigenvalue weighted by Gasteiger charge is -2.11. The summed E-state index contributed by atoms with van der Waals surface area (Å²) in [4.78, 5) is 8.20. The molecule has 0 radical (unpaired) electrons. The van der Waals surface area contributed by atoms with Gasteiger partial charge in [0.2, 0.25) is 0 Å². The number of aromatic nitrogens is 4. The van der Waals surface area contributed by atoms with E-state index in [1.54, 1.807) is 0 Å². The van der Waals surface area contributed by atoms with Gasteiger partial charge >= 0.3 is 6.18 Å². The van der Waals surface area contributed by atoms with Gasteiger partial charge in [0.25, 0.3) is 0 Å². The number of benzene rings is 1. The lowest BCUT2D eigenvalue weighted by Crippen LogP contribution is -2.05. The smallest absolute Gasteiger partial charge is 0.393 e. The summed E-state index contributed by atoms with van der Waals surface area (Å²) < 4.78 is 52.7. The Morgan fingerprint density at radius 2 is 1.75 bits per heavy atom. The van der Waals surface area contributed by atoms with Crippen LogP contribution in [-0.2, 0) is 6.18 Å². The van der Waals surface area contributed by atoms with Crippen LogP contribution in [0.5, 0.6) is 0 Å². The maximum atomic E-state index is 14.5. The third kappa shape index (κ3) is 4.34. The van der Waals surface area contributed by atoms with Gasteiger partial charge in [-0.05, 0) is 36.4 Å². The second kappa shape index (κ2) is 8.44. The van der Waals surface area contributed by atoms with Crippen molar-refractivity contribution >= 4 is 22.3 Å². The van der Waals surface area contributed by atoms with Gasteiger partial charge in [0, 0.05) is 34.4 Å². The summed E-state index contributed by atoms with van der Waals surface area (Å²) in [5, 5.41) is 30.4. The number of pyridine rings is 2. The van der Waals surface area contributed by atoms with Crippen molar-refractivity contribution in [1.82, 2.24) is 20.2 Å². The first-order valence-corrected chi connectivity index (χ1v) is 9.26. The number of aliphatic hydroxyl groups excluding tert-OH is 2. The van der Waals surface area contributed by atoms with Crippen LogP contribution in [0.2, 0.25) is 0 Å². The largest absolute Gasteiger partial charge is 0.416 e. The topological polar surface area (TPSA) is 104 Å². The van der Waals surface area contributed by atoms with E-state index in [9.17, 15) is 22.7 Å². The second-order valence-electron chi connectivity index (χ2n) is 6.85. The Morgan fingerprint density at radius 1 is 1.00 bits per heavy atom. The van der Waals surface area contributed by atoms with Crippen LogP contribution >= 0.6 is 0 Å². The minimum absolute atomic E-state index is 0.0603. The van der Waals surface area contributed by atoms with E-state index in [4.69, 9.17) is 5.11 Å². The average Bonchev–Trinajstić information content (AvgIpc) is 2.78. The van der Waals surface area contributed by atoms with Crippen molar-refractivity contribution in [2.75, 3.05) is 11.9 Å². The monoisotopic (exact) mass is 445 g/mol. The molecule has 1 aromatic carbocycles. The van der Waals surface area contributed by atoms with E-state index in [0.29, 0.717) is 16.5 Å². The molecule has 3 heterocycles. The molecule has 0 unspecified atom stereocenters. The molecule has 0 bridgehead atoms. The van der Waals surface area contributed by atoms with Gasteiger partial charge in [-0.15, -0.1) is 5.10 Å². The normalized spacial score (nSPS) is 12.7. The summed E-state index contributed by atoms with van der Waals surface area (Å²) in [6.07, 6.45) is -1.59. The molecule has 0 aliphatic carbocycles. The third-order valence-electron chi connectivity index (χ3n) is 4.68. The van der Waals surface area contributed by atoms with Gasteiger partial charge in [-0.2, -0.15) is 18.3 Å². The number of fused-ring (bicyclic) bond motifs is 1. The van der Waals surface area contributed by atoms with Crippen molar-refractivity contribution < 1.29 is 27.8 Å². The summed E-state index contributed by atoms with van der Waals surface area (Å²) in [6.45, 7) is -0.567. The maximum absolute atomic E-state index is 14.5. The molecule has 0 saturated carbocycles. The van der Waals surface area contributed by atoms with E-state index in [1.807, 2.05) is 0 Å². The van der Waals surface area contributed by atoms with E-state index in [0.717, 1.165) is 18.2 Å². The Morgan fingerprint density at radius 3 is 2.41 bits per heavy atom. The van der Waals surface area contributed by atoms with E-state index >= 15 is 0 Å². The molecule has 32 heavy (non-hydrogen) atoms. The van der Waals surface area contributed by atoms with E-state index in [1.165, 1.54) is 36.8 Å². The van der Waals surface area contributed by atoms with Crippen molar-refractivity contribution in [3.63, 3.8) is 0 Å². The first-order chi connectivity index (χ1) is 15.3.